The topological polar surface area (TPSA) is 113 Å². The Bertz CT molecular complexity index is 1430. The molecule has 0 saturated carbocycles. The van der Waals surface area contributed by atoms with E-state index in [-0.39, 0.29) is 12.6 Å². The molecule has 2 aromatic heterocycles. The largest absolute Gasteiger partial charge is 0.445 e. The Morgan fingerprint density at radius 3 is 2.75 bits per heavy atom. The van der Waals surface area contributed by atoms with Crippen LogP contribution in [0.15, 0.2) is 81.4 Å². The fourth-order valence-corrected chi connectivity index (χ4v) is 5.11. The van der Waals surface area contributed by atoms with Crippen molar-refractivity contribution in [3.63, 3.8) is 0 Å². The van der Waals surface area contributed by atoms with Crippen LogP contribution in [0, 0.1) is 13.8 Å². The van der Waals surface area contributed by atoms with E-state index in [1.165, 1.54) is 11.9 Å². The van der Waals surface area contributed by atoms with Gasteiger partial charge in [0, 0.05) is 29.6 Å². The van der Waals surface area contributed by atoms with E-state index in [1.54, 1.807) is 18.5 Å². The molecule has 4 aromatic rings. The Hall–Kier alpha value is -3.66. The van der Waals surface area contributed by atoms with Crippen molar-refractivity contribution in [1.82, 2.24) is 19.6 Å². The maximum absolute atomic E-state index is 10.0. The van der Waals surface area contributed by atoms with Gasteiger partial charge >= 0.3 is 0 Å². The van der Waals surface area contributed by atoms with Crippen molar-refractivity contribution in [3.8, 4) is 0 Å². The Balaban J connectivity index is 1.65. The summed E-state index contributed by atoms with van der Waals surface area (Å²) >= 11 is 1.42. The lowest BCUT2D eigenvalue weighted by atomic mass is 9.96. The zero-order chi connectivity index (χ0) is 25.1. The molecule has 0 aliphatic carbocycles. The van der Waals surface area contributed by atoms with Gasteiger partial charge < -0.3 is 15.3 Å². The lowest BCUT2D eigenvalue weighted by Crippen LogP contribution is -2.31. The van der Waals surface area contributed by atoms with Gasteiger partial charge in [0.05, 0.1) is 36.5 Å². The van der Waals surface area contributed by atoms with Crippen LogP contribution in [0.2, 0.25) is 0 Å². The maximum atomic E-state index is 10.0. The number of aliphatic imine (C=N–C) groups is 1. The molecule has 0 radical (unpaired) electrons. The van der Waals surface area contributed by atoms with Gasteiger partial charge in [-0.15, -0.1) is 0 Å². The first kappa shape index (κ1) is 24.1. The number of rotatable bonds is 6. The average Bonchev–Trinajstić information content (AvgIpc) is 3.33. The lowest BCUT2D eigenvalue weighted by molar-refractivity contribution is 0.163. The molecule has 1 atom stereocenters. The molecule has 36 heavy (non-hydrogen) atoms. The number of benzene rings is 2. The van der Waals surface area contributed by atoms with Gasteiger partial charge in [-0.3, -0.25) is 9.62 Å². The Morgan fingerprint density at radius 2 is 1.94 bits per heavy atom. The molecule has 0 fully saturated rings. The third-order valence-electron chi connectivity index (χ3n) is 6.13. The van der Waals surface area contributed by atoms with Crippen molar-refractivity contribution < 1.29 is 9.52 Å². The van der Waals surface area contributed by atoms with Gasteiger partial charge in [-0.25, -0.2) is 15.0 Å². The second-order valence-corrected chi connectivity index (χ2v) is 9.58. The molecular weight excluding hydrogens is 472 g/mol. The van der Waals surface area contributed by atoms with E-state index in [0.29, 0.717) is 30.3 Å². The molecule has 1 aliphatic heterocycles. The molecule has 2 bridgehead atoms. The van der Waals surface area contributed by atoms with E-state index in [0.717, 1.165) is 38.5 Å². The van der Waals surface area contributed by atoms with Gasteiger partial charge in [-0.1, -0.05) is 30.3 Å². The normalized spacial score (nSPS) is 18.8. The average molecular weight is 501 g/mol. The van der Waals surface area contributed by atoms with Crippen molar-refractivity contribution >= 4 is 34.8 Å². The SMILES string of the molecule is Cc1cccc(C)c1C1=C/C(N(CCO)Cc2cnc3occc3n2)c2cccc(c2)SN\C(N)=N\1. The Labute approximate surface area is 214 Å². The summed E-state index contributed by atoms with van der Waals surface area (Å²) in [6.07, 6.45) is 5.43. The first-order valence-electron chi connectivity index (χ1n) is 11.7. The quantitative estimate of drug-likeness (QED) is 0.335. The second kappa shape index (κ2) is 10.5. The van der Waals surface area contributed by atoms with E-state index in [4.69, 9.17) is 20.1 Å². The number of aliphatic hydroxyl groups excluding tert-OH is 1. The molecule has 8 nitrogen and oxygen atoms in total. The van der Waals surface area contributed by atoms with Crippen molar-refractivity contribution in [2.45, 2.75) is 31.3 Å². The number of fused-ring (bicyclic) bond motifs is 3. The second-order valence-electron chi connectivity index (χ2n) is 8.70. The van der Waals surface area contributed by atoms with Crippen LogP contribution in [0.3, 0.4) is 0 Å². The van der Waals surface area contributed by atoms with Crippen LogP contribution < -0.4 is 10.5 Å². The van der Waals surface area contributed by atoms with Crippen LogP contribution in [-0.2, 0) is 6.54 Å². The van der Waals surface area contributed by atoms with Crippen LogP contribution in [0.5, 0.6) is 0 Å². The van der Waals surface area contributed by atoms with Gasteiger partial charge in [0.2, 0.25) is 11.7 Å². The molecule has 0 amide bonds. The van der Waals surface area contributed by atoms with E-state index in [1.807, 2.05) is 18.2 Å². The van der Waals surface area contributed by atoms with E-state index >= 15 is 0 Å². The summed E-state index contributed by atoms with van der Waals surface area (Å²) < 4.78 is 8.50. The Morgan fingerprint density at radius 1 is 1.14 bits per heavy atom. The number of nitrogens with two attached hydrogens (primary N) is 1. The van der Waals surface area contributed by atoms with E-state index in [9.17, 15) is 5.11 Å². The fraction of sp³-hybridized carbons (Fsp3) is 0.222. The minimum absolute atomic E-state index is 0.00808. The number of nitrogens with zero attached hydrogens (tertiary/aromatic N) is 4. The van der Waals surface area contributed by atoms with Gasteiger partial charge in [0.15, 0.2) is 0 Å². The summed E-state index contributed by atoms with van der Waals surface area (Å²) in [4.78, 5) is 17.1. The standard InChI is InChI=1S/C27H28N6O2S/c1-17-5-3-6-18(2)25(17)23-14-24(19-7-4-8-21(13-19)36-32-27(28)31-23)33(10-11-34)16-20-15-29-26-22(30-20)9-12-35-26/h3-9,12-15,24,34H,10-11,16H2,1-2H3,(H3,28,31,32)/b23-14-. The van der Waals surface area contributed by atoms with Gasteiger partial charge in [0.1, 0.15) is 5.52 Å². The van der Waals surface area contributed by atoms with Crippen molar-refractivity contribution in [2.24, 2.45) is 10.7 Å². The predicted molar refractivity (Wildman–Crippen MR) is 143 cm³/mol. The van der Waals surface area contributed by atoms with Crippen molar-refractivity contribution in [1.29, 1.82) is 0 Å². The molecular formula is C27H28N6O2S. The number of aryl methyl sites for hydroxylation is 2. The van der Waals surface area contributed by atoms with Crippen LogP contribution in [-0.4, -0.2) is 39.1 Å². The highest BCUT2D eigenvalue weighted by atomic mass is 32.2. The minimum Gasteiger partial charge on any atom is -0.445 e. The number of guanidine groups is 1. The summed E-state index contributed by atoms with van der Waals surface area (Å²) in [5, 5.41) is 10.0. The van der Waals surface area contributed by atoms with E-state index < -0.39 is 0 Å². The van der Waals surface area contributed by atoms with Crippen LogP contribution in [0.25, 0.3) is 16.9 Å². The summed E-state index contributed by atoms with van der Waals surface area (Å²) in [6.45, 7) is 5.05. The first-order valence-corrected chi connectivity index (χ1v) is 12.5. The highest BCUT2D eigenvalue weighted by molar-refractivity contribution is 7.98. The number of aromatic nitrogens is 2. The lowest BCUT2D eigenvalue weighted by Gasteiger charge is -2.30. The molecule has 184 valence electrons. The predicted octanol–water partition coefficient (Wildman–Crippen LogP) is 4.34. The summed E-state index contributed by atoms with van der Waals surface area (Å²) in [5.41, 5.74) is 13.4. The molecule has 5 rings (SSSR count). The van der Waals surface area contributed by atoms with Crippen LogP contribution in [0.1, 0.15) is 34.0 Å². The monoisotopic (exact) mass is 500 g/mol. The smallest absolute Gasteiger partial charge is 0.245 e. The van der Waals surface area contributed by atoms with Crippen molar-refractivity contribution in [2.75, 3.05) is 13.2 Å². The molecule has 1 aliphatic rings. The fourth-order valence-electron chi connectivity index (χ4n) is 4.50. The van der Waals surface area contributed by atoms with Gasteiger partial charge in [-0.2, -0.15) is 0 Å². The molecule has 0 saturated heterocycles. The third-order valence-corrected chi connectivity index (χ3v) is 6.93. The number of hydrogen-bond acceptors (Lipinski definition) is 9. The Kier molecular flexibility index (Phi) is 7.04. The highest BCUT2D eigenvalue weighted by Crippen LogP contribution is 2.33. The zero-order valence-electron chi connectivity index (χ0n) is 20.2. The summed E-state index contributed by atoms with van der Waals surface area (Å²) in [6, 6.07) is 16.1. The minimum atomic E-state index is -0.205. The van der Waals surface area contributed by atoms with Gasteiger partial charge in [0.25, 0.3) is 0 Å². The van der Waals surface area contributed by atoms with Crippen LogP contribution >= 0.6 is 11.9 Å². The molecule has 9 heteroatoms. The molecule has 4 N–H and O–H groups in total. The number of aliphatic hydroxyl groups is 1. The van der Waals surface area contributed by atoms with Gasteiger partial charge in [-0.05, 0) is 60.7 Å². The molecule has 3 heterocycles. The number of nitrogens with one attached hydrogen (secondary N) is 1. The highest BCUT2D eigenvalue weighted by Gasteiger charge is 2.23. The van der Waals surface area contributed by atoms with Crippen molar-refractivity contribution in [3.05, 3.63) is 95.0 Å². The zero-order valence-corrected chi connectivity index (χ0v) is 21.0. The summed E-state index contributed by atoms with van der Waals surface area (Å²) in [5.74, 6) is 0.324. The maximum Gasteiger partial charge on any atom is 0.245 e. The summed E-state index contributed by atoms with van der Waals surface area (Å²) in [7, 11) is 0. The van der Waals surface area contributed by atoms with Crippen LogP contribution in [0.4, 0.5) is 0 Å². The van der Waals surface area contributed by atoms with E-state index in [2.05, 4.69) is 58.8 Å². The number of furan rings is 1. The molecule has 1 unspecified atom stereocenters. The number of hydrogen-bond donors (Lipinski definition) is 3. The first-order chi connectivity index (χ1) is 17.5. The molecule has 2 aromatic carbocycles. The molecule has 0 spiro atoms. The third kappa shape index (κ3) is 5.13.